The van der Waals surface area contributed by atoms with Gasteiger partial charge in [0.15, 0.2) is 5.12 Å². The monoisotopic (exact) mass is 228 g/mol. The summed E-state index contributed by atoms with van der Waals surface area (Å²) in [6.07, 6.45) is 4.19. The molecule has 0 aromatic carbocycles. The van der Waals surface area contributed by atoms with E-state index in [1.807, 2.05) is 6.08 Å². The fourth-order valence-electron chi connectivity index (χ4n) is 2.07. The van der Waals surface area contributed by atoms with Crippen molar-refractivity contribution in [2.75, 3.05) is 0 Å². The van der Waals surface area contributed by atoms with Gasteiger partial charge in [0.25, 0.3) is 0 Å². The van der Waals surface area contributed by atoms with E-state index in [1.165, 1.54) is 23.5 Å². The predicted molar refractivity (Wildman–Crippen MR) is 60.3 cm³/mol. The van der Waals surface area contributed by atoms with Crippen LogP contribution in [0.4, 0.5) is 0 Å². The Labute approximate surface area is 91.9 Å². The summed E-state index contributed by atoms with van der Waals surface area (Å²) in [5, 5.41) is 0.705. The summed E-state index contributed by atoms with van der Waals surface area (Å²) in [5.74, 6) is 0.299. The van der Waals surface area contributed by atoms with E-state index in [0.29, 0.717) is 17.6 Å². The van der Waals surface area contributed by atoms with Crippen molar-refractivity contribution in [1.82, 2.24) is 0 Å². The van der Waals surface area contributed by atoms with Crippen molar-refractivity contribution in [1.29, 1.82) is 0 Å². The van der Waals surface area contributed by atoms with E-state index in [0.717, 1.165) is 0 Å². The molecular weight excluding hydrogens is 216 g/mol. The zero-order valence-electron chi connectivity index (χ0n) is 8.15. The van der Waals surface area contributed by atoms with E-state index >= 15 is 0 Å². The van der Waals surface area contributed by atoms with Crippen LogP contribution in [-0.2, 0) is 9.59 Å². The largest absolute Gasteiger partial charge is 0.287 e. The second-order valence-electron chi connectivity index (χ2n) is 3.94. The van der Waals surface area contributed by atoms with Gasteiger partial charge in [-0.1, -0.05) is 36.5 Å². The third-order valence-corrected chi connectivity index (χ3v) is 5.22. The second kappa shape index (κ2) is 3.42. The van der Waals surface area contributed by atoms with Crippen LogP contribution in [0.15, 0.2) is 12.2 Å². The number of hydrogen-bond acceptors (Lipinski definition) is 4. The maximum Gasteiger partial charge on any atom is 0.212 e. The molecule has 0 aromatic heterocycles. The molecule has 0 aliphatic carbocycles. The van der Waals surface area contributed by atoms with Gasteiger partial charge in [0.1, 0.15) is 0 Å². The Balaban J connectivity index is 2.19. The van der Waals surface area contributed by atoms with Crippen molar-refractivity contribution in [3.8, 4) is 0 Å². The summed E-state index contributed by atoms with van der Waals surface area (Å²) < 4.78 is -0.157. The van der Waals surface area contributed by atoms with Gasteiger partial charge in [-0.15, -0.1) is 0 Å². The lowest BCUT2D eigenvalue weighted by molar-refractivity contribution is -0.111. The Morgan fingerprint density at radius 2 is 2.21 bits per heavy atom. The van der Waals surface area contributed by atoms with Crippen LogP contribution >= 0.6 is 23.5 Å². The molecule has 2 rings (SSSR count). The fraction of sp³-hybridized carbons (Fsp3) is 0.600. The lowest BCUT2D eigenvalue weighted by atomic mass is 9.88. The highest BCUT2D eigenvalue weighted by Crippen LogP contribution is 2.49. The zero-order valence-corrected chi connectivity index (χ0v) is 9.78. The molecule has 0 aromatic rings. The minimum atomic E-state index is -0.157. The van der Waals surface area contributed by atoms with Crippen LogP contribution < -0.4 is 0 Å². The molecule has 1 saturated heterocycles. The average molecular weight is 228 g/mol. The smallest absolute Gasteiger partial charge is 0.212 e. The molecule has 0 bridgehead atoms. The molecule has 3 unspecified atom stereocenters. The third kappa shape index (κ3) is 1.65. The van der Waals surface area contributed by atoms with Crippen LogP contribution in [0.3, 0.4) is 0 Å². The maximum atomic E-state index is 11.3. The molecule has 0 radical (unpaired) electrons. The molecule has 1 fully saturated rings. The fourth-order valence-corrected chi connectivity index (χ4v) is 4.53. The first-order chi connectivity index (χ1) is 6.51. The van der Waals surface area contributed by atoms with Gasteiger partial charge < -0.3 is 0 Å². The molecule has 0 saturated carbocycles. The van der Waals surface area contributed by atoms with E-state index in [2.05, 4.69) is 13.8 Å². The standard InChI is InChI=1S/C10H12O2S2/c1-6-7(5-9(12)13-6)10(2)4-3-8(11)14-10/h3-4,6-7H,5H2,1-2H3. The Morgan fingerprint density at radius 3 is 2.64 bits per heavy atom. The van der Waals surface area contributed by atoms with Crippen molar-refractivity contribution in [3.63, 3.8) is 0 Å². The van der Waals surface area contributed by atoms with E-state index in [9.17, 15) is 9.59 Å². The van der Waals surface area contributed by atoms with E-state index in [-0.39, 0.29) is 15.0 Å². The SMILES string of the molecule is CC1SC(=O)CC1C1(C)C=CC(=O)S1. The lowest BCUT2D eigenvalue weighted by Crippen LogP contribution is -2.31. The summed E-state index contributed by atoms with van der Waals surface area (Å²) >= 11 is 2.77. The molecule has 2 nitrogen and oxygen atoms in total. The van der Waals surface area contributed by atoms with E-state index in [4.69, 9.17) is 0 Å². The highest BCUT2D eigenvalue weighted by atomic mass is 32.2. The van der Waals surface area contributed by atoms with Gasteiger partial charge in [0.05, 0.1) is 0 Å². The summed E-state index contributed by atoms with van der Waals surface area (Å²) in [6, 6.07) is 0. The quantitative estimate of drug-likeness (QED) is 0.689. The first-order valence-electron chi connectivity index (χ1n) is 4.63. The number of thioether (sulfide) groups is 2. The van der Waals surface area contributed by atoms with Crippen LogP contribution in [0, 0.1) is 5.92 Å². The number of carbonyl (C=O) groups is 2. The Morgan fingerprint density at radius 1 is 1.50 bits per heavy atom. The molecule has 0 spiro atoms. The number of rotatable bonds is 1. The van der Waals surface area contributed by atoms with Crippen molar-refractivity contribution >= 4 is 33.8 Å². The molecular formula is C10H12O2S2. The molecule has 0 amide bonds. The number of hydrogen-bond donors (Lipinski definition) is 0. The first kappa shape index (κ1) is 10.3. The van der Waals surface area contributed by atoms with Crippen molar-refractivity contribution in [2.45, 2.75) is 30.3 Å². The van der Waals surface area contributed by atoms with Gasteiger partial charge in [-0.25, -0.2) is 0 Å². The Bertz CT molecular complexity index is 324. The van der Waals surface area contributed by atoms with E-state index < -0.39 is 0 Å². The normalized spacial score (nSPS) is 42.4. The van der Waals surface area contributed by atoms with Crippen LogP contribution in [-0.4, -0.2) is 20.2 Å². The number of carbonyl (C=O) groups excluding carboxylic acids is 2. The van der Waals surface area contributed by atoms with Gasteiger partial charge in [-0.05, 0) is 18.9 Å². The lowest BCUT2D eigenvalue weighted by Gasteiger charge is -2.29. The van der Waals surface area contributed by atoms with Crippen LogP contribution in [0.5, 0.6) is 0 Å². The van der Waals surface area contributed by atoms with Crippen LogP contribution in [0.25, 0.3) is 0 Å². The minimum absolute atomic E-state index is 0.115. The van der Waals surface area contributed by atoms with Crippen molar-refractivity contribution in [3.05, 3.63) is 12.2 Å². The molecule has 2 heterocycles. The molecule has 4 heteroatoms. The topological polar surface area (TPSA) is 34.1 Å². The Kier molecular flexibility index (Phi) is 2.52. The molecule has 14 heavy (non-hydrogen) atoms. The van der Waals surface area contributed by atoms with Crippen LogP contribution in [0.1, 0.15) is 20.3 Å². The highest BCUT2D eigenvalue weighted by Gasteiger charge is 2.45. The van der Waals surface area contributed by atoms with Gasteiger partial charge in [0.2, 0.25) is 5.12 Å². The summed E-state index contributed by atoms with van der Waals surface area (Å²) in [7, 11) is 0. The van der Waals surface area contributed by atoms with Crippen molar-refractivity contribution < 1.29 is 9.59 Å². The van der Waals surface area contributed by atoms with Gasteiger partial charge in [-0.2, -0.15) is 0 Å². The molecule has 2 aliphatic rings. The van der Waals surface area contributed by atoms with Crippen molar-refractivity contribution in [2.24, 2.45) is 5.92 Å². The highest BCUT2D eigenvalue weighted by molar-refractivity contribution is 8.16. The second-order valence-corrected chi connectivity index (χ2v) is 6.86. The Hall–Kier alpha value is -0.220. The van der Waals surface area contributed by atoms with E-state index in [1.54, 1.807) is 6.08 Å². The minimum Gasteiger partial charge on any atom is -0.287 e. The molecule has 0 N–H and O–H groups in total. The van der Waals surface area contributed by atoms with Crippen LogP contribution in [0.2, 0.25) is 0 Å². The molecule has 76 valence electrons. The van der Waals surface area contributed by atoms with Gasteiger partial charge in [-0.3, -0.25) is 9.59 Å². The summed E-state index contributed by atoms with van der Waals surface area (Å²) in [4.78, 5) is 22.5. The van der Waals surface area contributed by atoms with Gasteiger partial charge >= 0.3 is 0 Å². The molecule has 3 atom stereocenters. The average Bonchev–Trinajstić information content (AvgIpc) is 2.57. The first-order valence-corrected chi connectivity index (χ1v) is 6.32. The molecule has 2 aliphatic heterocycles. The predicted octanol–water partition coefficient (Wildman–Crippen LogP) is 2.24. The summed E-state index contributed by atoms with van der Waals surface area (Å²) in [5.41, 5.74) is 0. The third-order valence-electron chi connectivity index (χ3n) is 2.88. The summed E-state index contributed by atoms with van der Waals surface area (Å²) in [6.45, 7) is 4.13. The maximum absolute atomic E-state index is 11.3. The zero-order chi connectivity index (χ0) is 10.3. The van der Waals surface area contributed by atoms with Gasteiger partial charge in [0, 0.05) is 16.4 Å².